The van der Waals surface area contributed by atoms with E-state index in [2.05, 4.69) is 28.2 Å². The van der Waals surface area contributed by atoms with Gasteiger partial charge in [-0.2, -0.15) is 4.65 Å². The number of hydrogen-bond donors (Lipinski definition) is 3. The molecule has 1 aromatic heterocycles. The maximum absolute atomic E-state index is 13.8. The lowest BCUT2D eigenvalue weighted by Crippen LogP contribution is -2.51. The number of aromatic amines is 1. The minimum atomic E-state index is -0.767. The van der Waals surface area contributed by atoms with Crippen LogP contribution in [0.1, 0.15) is 58.1 Å². The summed E-state index contributed by atoms with van der Waals surface area (Å²) in [4.78, 5) is 31.6. The van der Waals surface area contributed by atoms with Gasteiger partial charge in [0.1, 0.15) is 31.1 Å². The van der Waals surface area contributed by atoms with E-state index >= 15 is 0 Å². The lowest BCUT2D eigenvalue weighted by atomic mass is 9.95. The average Bonchev–Trinajstić information content (AvgIpc) is 2.99. The summed E-state index contributed by atoms with van der Waals surface area (Å²) in [6, 6.07) is 14.4. The Balaban J connectivity index is 1.47. The van der Waals surface area contributed by atoms with Crippen molar-refractivity contribution >= 4 is 22.8 Å². The number of benzene rings is 2. The topological polar surface area (TPSA) is 118 Å². The van der Waals surface area contributed by atoms with Crippen molar-refractivity contribution in [2.45, 2.75) is 59.7 Å². The number of hydrogen-bond acceptors (Lipinski definition) is 6. The summed E-state index contributed by atoms with van der Waals surface area (Å²) in [6.07, 6.45) is 1.70. The van der Waals surface area contributed by atoms with Crippen molar-refractivity contribution in [1.29, 1.82) is 0 Å². The van der Waals surface area contributed by atoms with Gasteiger partial charge < -0.3 is 24.5 Å². The predicted molar refractivity (Wildman–Crippen MR) is 175 cm³/mol. The highest BCUT2D eigenvalue weighted by Gasteiger charge is 2.30. The van der Waals surface area contributed by atoms with Crippen LogP contribution in [0.5, 0.6) is 0 Å². The molecule has 0 bridgehead atoms. The summed E-state index contributed by atoms with van der Waals surface area (Å²) >= 11 is -0.767. The summed E-state index contributed by atoms with van der Waals surface area (Å²) in [5, 5.41) is 14.0. The van der Waals surface area contributed by atoms with Gasteiger partial charge in [-0.25, -0.2) is 5.21 Å². The number of morpholine rings is 1. The number of quaternary nitrogens is 1. The van der Waals surface area contributed by atoms with E-state index in [4.69, 9.17) is 4.74 Å². The molecule has 3 N–H and O–H groups in total. The highest BCUT2D eigenvalue weighted by molar-refractivity contribution is 7.91. The van der Waals surface area contributed by atoms with Gasteiger partial charge in [0.05, 0.1) is 13.2 Å². The number of hydroxylamine groups is 3. The second kappa shape index (κ2) is 13.9. The third kappa shape index (κ3) is 7.38. The highest BCUT2D eigenvalue weighted by atomic mass is 32.2. The van der Waals surface area contributed by atoms with E-state index in [9.17, 15) is 19.3 Å². The number of anilines is 1. The molecule has 3 aromatic rings. The maximum atomic E-state index is 13.8. The van der Waals surface area contributed by atoms with E-state index in [1.54, 1.807) is 0 Å². The molecule has 2 aliphatic rings. The van der Waals surface area contributed by atoms with E-state index < -0.39 is 11.2 Å². The van der Waals surface area contributed by atoms with Crippen molar-refractivity contribution in [1.82, 2.24) is 10.3 Å². The van der Waals surface area contributed by atoms with Gasteiger partial charge in [0.25, 0.3) is 11.5 Å². The molecule has 0 atom stereocenters. The van der Waals surface area contributed by atoms with E-state index in [1.807, 2.05) is 57.2 Å². The largest absolute Gasteiger partial charge is 0.616 e. The Morgan fingerprint density at radius 3 is 2.41 bits per heavy atom. The standard InChI is InChI=1S/C34H44N4O5S/c1-5-37(29-10-16-44(42)17-11-29)32-20-28(27-8-6-26(7-9-27)22-38(41)12-14-43-15-13-38)19-30(25(32)4)33(39)35-21-31-23(2)18-24(3)36-34(31)40/h6-9,18-20,29,41H,5,10-17,21-22H2,1-4H3,(H-,35,36,39,40)/p+1. The number of carbonyl (C=O) groups is 1. The van der Waals surface area contributed by atoms with Crippen molar-refractivity contribution in [2.24, 2.45) is 0 Å². The number of aromatic nitrogens is 1. The Labute approximate surface area is 263 Å². The zero-order valence-electron chi connectivity index (χ0n) is 26.3. The zero-order valence-corrected chi connectivity index (χ0v) is 27.1. The molecule has 1 amide bonds. The number of carbonyl (C=O) groups excluding carboxylic acids is 1. The third-order valence-corrected chi connectivity index (χ3v) is 10.4. The first kappa shape index (κ1) is 32.2. The van der Waals surface area contributed by atoms with Gasteiger partial charge >= 0.3 is 0 Å². The molecule has 2 aromatic carbocycles. The van der Waals surface area contributed by atoms with Crippen molar-refractivity contribution < 1.29 is 23.9 Å². The van der Waals surface area contributed by atoms with Crippen LogP contribution in [0.2, 0.25) is 0 Å². The molecular formula is C34H45N4O5S+. The number of rotatable bonds is 9. The molecule has 3 heterocycles. The van der Waals surface area contributed by atoms with Gasteiger partial charge in [-0.1, -0.05) is 35.4 Å². The summed E-state index contributed by atoms with van der Waals surface area (Å²) in [5.74, 6) is 1.15. The van der Waals surface area contributed by atoms with Crippen molar-refractivity contribution in [2.75, 3.05) is 49.3 Å². The molecule has 9 nitrogen and oxygen atoms in total. The summed E-state index contributed by atoms with van der Waals surface area (Å²) in [5.41, 5.74) is 7.35. The Hall–Kier alpha value is -3.15. The van der Waals surface area contributed by atoms with E-state index in [0.717, 1.165) is 58.6 Å². The first-order valence-electron chi connectivity index (χ1n) is 15.6. The molecule has 236 valence electrons. The van der Waals surface area contributed by atoms with Crippen LogP contribution in [0.3, 0.4) is 0 Å². The zero-order chi connectivity index (χ0) is 31.4. The lowest BCUT2D eigenvalue weighted by molar-refractivity contribution is -1.12. The molecule has 0 unspecified atom stereocenters. The number of nitrogens with one attached hydrogen (secondary N) is 2. The van der Waals surface area contributed by atoms with E-state index in [-0.39, 0.29) is 28.7 Å². The molecule has 44 heavy (non-hydrogen) atoms. The SMILES string of the molecule is CCN(c1cc(-c2ccc(C[N+]3(O)CCOCC3)cc2)cc(C(=O)NCc2c(C)cc(C)[nH]c2=O)c1C)C1CC[S+]([O-])CC1. The number of aryl methyl sites for hydroxylation is 2. The Morgan fingerprint density at radius 1 is 1.09 bits per heavy atom. The quantitative estimate of drug-likeness (QED) is 0.241. The minimum absolute atomic E-state index is 0.0285. The van der Waals surface area contributed by atoms with Crippen molar-refractivity contribution in [3.8, 4) is 11.1 Å². The van der Waals surface area contributed by atoms with E-state index in [1.165, 1.54) is 0 Å². The molecular weight excluding hydrogens is 576 g/mol. The van der Waals surface area contributed by atoms with Gasteiger partial charge in [0.2, 0.25) is 0 Å². The molecule has 10 heteroatoms. The van der Waals surface area contributed by atoms with Gasteiger partial charge in [0, 0.05) is 60.0 Å². The first-order valence-corrected chi connectivity index (χ1v) is 17.1. The third-order valence-electron chi connectivity index (χ3n) is 9.06. The van der Waals surface area contributed by atoms with Crippen LogP contribution >= 0.6 is 0 Å². The number of pyridine rings is 1. The smallest absolute Gasteiger partial charge is 0.253 e. The first-order chi connectivity index (χ1) is 21.1. The van der Waals surface area contributed by atoms with Crippen LogP contribution < -0.4 is 15.8 Å². The van der Waals surface area contributed by atoms with Gasteiger partial charge in [-0.15, -0.1) is 0 Å². The monoisotopic (exact) mass is 621 g/mol. The van der Waals surface area contributed by atoms with Gasteiger partial charge in [-0.3, -0.25) is 9.59 Å². The fourth-order valence-corrected chi connectivity index (χ4v) is 7.74. The average molecular weight is 622 g/mol. The van der Waals surface area contributed by atoms with Gasteiger partial charge in [0.15, 0.2) is 0 Å². The molecule has 0 aliphatic carbocycles. The second-order valence-electron chi connectivity index (χ2n) is 12.2. The van der Waals surface area contributed by atoms with Crippen molar-refractivity contribution in [3.05, 3.63) is 86.3 Å². The second-order valence-corrected chi connectivity index (χ2v) is 13.9. The fourth-order valence-electron chi connectivity index (χ4n) is 6.47. The molecule has 2 fully saturated rings. The summed E-state index contributed by atoms with van der Waals surface area (Å²) in [6.45, 7) is 11.5. The van der Waals surface area contributed by atoms with Crippen molar-refractivity contribution in [3.63, 3.8) is 0 Å². The van der Waals surface area contributed by atoms with E-state index in [0.29, 0.717) is 55.5 Å². The molecule has 0 spiro atoms. The normalized spacial score (nSPS) is 19.9. The maximum Gasteiger partial charge on any atom is 0.253 e. The number of nitrogens with zero attached hydrogens (tertiary/aromatic N) is 2. The lowest BCUT2D eigenvalue weighted by Gasteiger charge is -2.37. The number of ether oxygens (including phenoxy) is 1. The number of H-pyrrole nitrogens is 1. The van der Waals surface area contributed by atoms with Crippen LogP contribution in [0, 0.1) is 20.8 Å². The number of amides is 1. The molecule has 0 radical (unpaired) electrons. The van der Waals surface area contributed by atoms with Crippen LogP contribution in [-0.2, 0) is 29.0 Å². The summed E-state index contributed by atoms with van der Waals surface area (Å²) in [7, 11) is 0. The van der Waals surface area contributed by atoms with Gasteiger partial charge in [-0.05, 0) is 68.1 Å². The molecule has 2 aliphatic heterocycles. The molecule has 2 saturated heterocycles. The van der Waals surface area contributed by atoms with Crippen LogP contribution in [0.25, 0.3) is 11.1 Å². The summed E-state index contributed by atoms with van der Waals surface area (Å²) < 4.78 is 17.5. The Morgan fingerprint density at radius 2 is 1.77 bits per heavy atom. The van der Waals surface area contributed by atoms with Crippen LogP contribution in [0.15, 0.2) is 47.3 Å². The fraction of sp³-hybridized carbons (Fsp3) is 0.471. The van der Waals surface area contributed by atoms with Crippen LogP contribution in [-0.4, -0.2) is 75.7 Å². The van der Waals surface area contributed by atoms with Crippen LogP contribution in [0.4, 0.5) is 5.69 Å². The Kier molecular flexibility index (Phi) is 10.2. The highest BCUT2D eigenvalue weighted by Crippen LogP contribution is 2.34. The molecule has 5 rings (SSSR count). The predicted octanol–water partition coefficient (Wildman–Crippen LogP) is 4.37. The molecule has 0 saturated carbocycles. The minimum Gasteiger partial charge on any atom is -0.616 e. The Bertz CT molecular complexity index is 1530.